The summed E-state index contributed by atoms with van der Waals surface area (Å²) >= 11 is 1.25. The number of carbonyl (C=O) groups is 2. The summed E-state index contributed by atoms with van der Waals surface area (Å²) in [5.74, 6) is -1.43. The van der Waals surface area contributed by atoms with Gasteiger partial charge in [0.2, 0.25) is 0 Å². The van der Waals surface area contributed by atoms with Crippen LogP contribution in [0.3, 0.4) is 0 Å². The summed E-state index contributed by atoms with van der Waals surface area (Å²) in [6, 6.07) is 11.3. The fraction of sp³-hybridized carbons (Fsp3) is 0.0769. The number of ketones is 1. The fourth-order valence-corrected chi connectivity index (χ4v) is 2.36. The number of benzene rings is 1. The van der Waals surface area contributed by atoms with E-state index in [1.54, 1.807) is 5.38 Å². The molecule has 0 unspecified atom stereocenters. The number of esters is 1. The molecule has 3 nitrogen and oxygen atoms in total. The quantitative estimate of drug-likeness (QED) is 0.475. The van der Waals surface area contributed by atoms with Gasteiger partial charge in [-0.05, 0) is 17.0 Å². The first-order valence-electron chi connectivity index (χ1n) is 4.99. The predicted octanol–water partition coefficient (Wildman–Crippen LogP) is 2.77. The third kappa shape index (κ3) is 2.26. The van der Waals surface area contributed by atoms with Crippen molar-refractivity contribution in [2.24, 2.45) is 0 Å². The van der Waals surface area contributed by atoms with E-state index in [9.17, 15) is 9.59 Å². The van der Waals surface area contributed by atoms with Gasteiger partial charge in [0.25, 0.3) is 5.78 Å². The monoisotopic (exact) mass is 246 g/mol. The summed E-state index contributed by atoms with van der Waals surface area (Å²) in [7, 11) is 1.20. The van der Waals surface area contributed by atoms with E-state index in [0.717, 1.165) is 11.1 Å². The van der Waals surface area contributed by atoms with E-state index in [1.165, 1.54) is 18.4 Å². The van der Waals surface area contributed by atoms with Gasteiger partial charge in [0.1, 0.15) is 0 Å². The number of ether oxygens (including phenoxy) is 1. The van der Waals surface area contributed by atoms with Gasteiger partial charge in [-0.2, -0.15) is 0 Å². The summed E-state index contributed by atoms with van der Waals surface area (Å²) in [6.07, 6.45) is 0. The maximum absolute atomic E-state index is 11.8. The molecule has 1 heterocycles. The van der Waals surface area contributed by atoms with E-state index in [2.05, 4.69) is 4.74 Å². The normalized spacial score (nSPS) is 9.94. The number of Topliss-reactive ketones (excluding diaryl/α,β-unsaturated/α-hetero) is 1. The first kappa shape index (κ1) is 11.5. The van der Waals surface area contributed by atoms with E-state index >= 15 is 0 Å². The molecule has 0 aliphatic carbocycles. The molecule has 0 aliphatic heterocycles. The average molecular weight is 246 g/mol. The van der Waals surface area contributed by atoms with Crippen molar-refractivity contribution in [1.29, 1.82) is 0 Å². The van der Waals surface area contributed by atoms with Crippen LogP contribution in [-0.4, -0.2) is 18.9 Å². The van der Waals surface area contributed by atoms with Crippen molar-refractivity contribution in [1.82, 2.24) is 0 Å². The first-order valence-corrected chi connectivity index (χ1v) is 5.87. The van der Waals surface area contributed by atoms with E-state index in [1.807, 2.05) is 36.4 Å². The molecule has 4 heteroatoms. The molecule has 0 aliphatic rings. The van der Waals surface area contributed by atoms with Crippen LogP contribution in [0.25, 0.3) is 11.1 Å². The lowest BCUT2D eigenvalue weighted by Crippen LogP contribution is -2.14. The van der Waals surface area contributed by atoms with Gasteiger partial charge < -0.3 is 4.74 Å². The van der Waals surface area contributed by atoms with Crippen molar-refractivity contribution >= 4 is 23.1 Å². The second-order valence-corrected chi connectivity index (χ2v) is 4.27. The van der Waals surface area contributed by atoms with Gasteiger partial charge in [0.15, 0.2) is 0 Å². The van der Waals surface area contributed by atoms with Crippen molar-refractivity contribution < 1.29 is 14.3 Å². The summed E-state index contributed by atoms with van der Waals surface area (Å²) in [6.45, 7) is 0. The summed E-state index contributed by atoms with van der Waals surface area (Å²) < 4.78 is 4.44. The lowest BCUT2D eigenvalue weighted by atomic mass is 10.1. The van der Waals surface area contributed by atoms with Crippen LogP contribution < -0.4 is 0 Å². The van der Waals surface area contributed by atoms with Gasteiger partial charge in [-0.25, -0.2) is 4.79 Å². The highest BCUT2D eigenvalue weighted by Gasteiger charge is 2.21. The summed E-state index contributed by atoms with van der Waals surface area (Å²) in [4.78, 5) is 23.4. The number of thiophene rings is 1. The Morgan fingerprint density at radius 2 is 1.82 bits per heavy atom. The molecule has 0 bridgehead atoms. The lowest BCUT2D eigenvalue weighted by molar-refractivity contribution is -0.135. The fourth-order valence-electron chi connectivity index (χ4n) is 1.52. The van der Waals surface area contributed by atoms with E-state index in [4.69, 9.17) is 0 Å². The molecule has 0 N–H and O–H groups in total. The van der Waals surface area contributed by atoms with Crippen molar-refractivity contribution in [2.75, 3.05) is 7.11 Å². The van der Waals surface area contributed by atoms with Crippen LogP contribution in [0.5, 0.6) is 0 Å². The number of carbonyl (C=O) groups excluding carboxylic acids is 2. The van der Waals surface area contributed by atoms with Gasteiger partial charge in [-0.15, -0.1) is 11.3 Å². The topological polar surface area (TPSA) is 43.4 Å². The van der Waals surface area contributed by atoms with Gasteiger partial charge in [-0.1, -0.05) is 30.3 Å². The van der Waals surface area contributed by atoms with Gasteiger partial charge in [0.05, 0.1) is 12.0 Å². The predicted molar refractivity (Wildman–Crippen MR) is 66.1 cm³/mol. The highest BCUT2D eigenvalue weighted by atomic mass is 32.1. The Morgan fingerprint density at radius 1 is 1.12 bits per heavy atom. The number of rotatable bonds is 3. The molecule has 0 amide bonds. The minimum Gasteiger partial charge on any atom is -0.463 e. The van der Waals surface area contributed by atoms with E-state index in [-0.39, 0.29) is 0 Å². The molecule has 0 atom stereocenters. The van der Waals surface area contributed by atoms with Crippen molar-refractivity contribution in [2.45, 2.75) is 0 Å². The molecular weight excluding hydrogens is 236 g/mol. The molecule has 2 rings (SSSR count). The lowest BCUT2D eigenvalue weighted by Gasteiger charge is -2.01. The van der Waals surface area contributed by atoms with Crippen LogP contribution in [-0.2, 0) is 9.53 Å². The zero-order valence-electron chi connectivity index (χ0n) is 9.17. The number of hydrogen-bond donors (Lipinski definition) is 0. The largest absolute Gasteiger partial charge is 0.463 e. The zero-order valence-corrected chi connectivity index (χ0v) is 9.99. The van der Waals surface area contributed by atoms with Crippen molar-refractivity contribution in [3.8, 4) is 11.1 Å². The molecule has 0 fully saturated rings. The Morgan fingerprint density at radius 3 is 2.47 bits per heavy atom. The minimum atomic E-state index is -0.829. The Kier molecular flexibility index (Phi) is 3.35. The summed E-state index contributed by atoms with van der Waals surface area (Å²) in [5, 5.41) is 1.79. The number of hydrogen-bond acceptors (Lipinski definition) is 4. The van der Waals surface area contributed by atoms with Crippen LogP contribution in [0.1, 0.15) is 9.67 Å². The average Bonchev–Trinajstić information content (AvgIpc) is 2.87. The molecule has 1 aromatic carbocycles. The maximum Gasteiger partial charge on any atom is 0.380 e. The van der Waals surface area contributed by atoms with E-state index in [0.29, 0.717) is 4.88 Å². The van der Waals surface area contributed by atoms with Crippen LogP contribution in [0.15, 0.2) is 41.8 Å². The van der Waals surface area contributed by atoms with Crippen molar-refractivity contribution in [3.63, 3.8) is 0 Å². The Bertz CT molecular complexity index is 543. The zero-order chi connectivity index (χ0) is 12.3. The summed E-state index contributed by atoms with van der Waals surface area (Å²) in [5.41, 5.74) is 1.69. The minimum absolute atomic E-state index is 0.419. The SMILES string of the molecule is COC(=O)C(=O)c1sccc1-c1ccccc1. The van der Waals surface area contributed by atoms with E-state index < -0.39 is 11.8 Å². The molecule has 2 aromatic rings. The Hall–Kier alpha value is -1.94. The first-order chi connectivity index (χ1) is 8.24. The molecular formula is C13H10O3S. The van der Waals surface area contributed by atoms with Gasteiger partial charge in [0, 0.05) is 5.56 Å². The smallest absolute Gasteiger partial charge is 0.380 e. The Balaban J connectivity index is 2.42. The van der Waals surface area contributed by atoms with Crippen LogP contribution in [0, 0.1) is 0 Å². The highest BCUT2D eigenvalue weighted by molar-refractivity contribution is 7.13. The number of methoxy groups -OCH3 is 1. The third-order valence-electron chi connectivity index (χ3n) is 2.33. The maximum atomic E-state index is 11.8. The molecule has 0 saturated carbocycles. The van der Waals surface area contributed by atoms with Gasteiger partial charge >= 0.3 is 5.97 Å². The second-order valence-electron chi connectivity index (χ2n) is 3.35. The molecule has 17 heavy (non-hydrogen) atoms. The third-order valence-corrected chi connectivity index (χ3v) is 3.24. The molecule has 0 spiro atoms. The second kappa shape index (κ2) is 4.93. The van der Waals surface area contributed by atoms with Crippen molar-refractivity contribution in [3.05, 3.63) is 46.7 Å². The molecule has 0 saturated heterocycles. The standard InChI is InChI=1S/C13H10O3S/c1-16-13(15)11(14)12-10(7-8-17-12)9-5-3-2-4-6-9/h2-8H,1H3. The highest BCUT2D eigenvalue weighted by Crippen LogP contribution is 2.28. The van der Waals surface area contributed by atoms with Crippen LogP contribution in [0.2, 0.25) is 0 Å². The Labute approximate surface area is 103 Å². The van der Waals surface area contributed by atoms with Crippen LogP contribution in [0.4, 0.5) is 0 Å². The van der Waals surface area contributed by atoms with Crippen LogP contribution >= 0.6 is 11.3 Å². The van der Waals surface area contributed by atoms with Gasteiger partial charge in [-0.3, -0.25) is 4.79 Å². The molecule has 1 aromatic heterocycles. The molecule has 86 valence electrons. The molecule has 0 radical (unpaired) electrons.